The standard InChI is InChI=1S/C12H21N3O2/c1-3-16-8-7-11-14-12(17-15-11)9-5-4-6-10(9)13-2/h9-10,13H,3-8H2,1-2H3. The van der Waals surface area contributed by atoms with Gasteiger partial charge in [-0.3, -0.25) is 0 Å². The second kappa shape index (κ2) is 6.12. The minimum Gasteiger partial charge on any atom is -0.381 e. The van der Waals surface area contributed by atoms with Crippen LogP contribution in [0.5, 0.6) is 0 Å². The number of ether oxygens (including phenoxy) is 1. The van der Waals surface area contributed by atoms with Crippen LogP contribution in [0.3, 0.4) is 0 Å². The van der Waals surface area contributed by atoms with E-state index in [0.717, 1.165) is 31.2 Å². The number of likely N-dealkylation sites (N-methyl/N-ethyl adjacent to an activating group) is 1. The van der Waals surface area contributed by atoms with Crippen molar-refractivity contribution in [3.63, 3.8) is 0 Å². The third kappa shape index (κ3) is 3.04. The lowest BCUT2D eigenvalue weighted by Crippen LogP contribution is -2.27. The molecular formula is C12H21N3O2. The number of nitrogens with one attached hydrogen (secondary N) is 1. The number of nitrogens with zero attached hydrogens (tertiary/aromatic N) is 2. The Morgan fingerprint density at radius 2 is 2.35 bits per heavy atom. The van der Waals surface area contributed by atoms with Crippen molar-refractivity contribution in [2.75, 3.05) is 20.3 Å². The molecule has 0 amide bonds. The molecule has 0 bridgehead atoms. The van der Waals surface area contributed by atoms with Gasteiger partial charge in [-0.05, 0) is 26.8 Å². The molecule has 1 heterocycles. The molecule has 5 heteroatoms. The molecule has 0 saturated heterocycles. The Kier molecular flexibility index (Phi) is 4.50. The molecule has 5 nitrogen and oxygen atoms in total. The predicted octanol–water partition coefficient (Wildman–Crippen LogP) is 1.50. The van der Waals surface area contributed by atoms with Gasteiger partial charge in [0.15, 0.2) is 5.82 Å². The fourth-order valence-electron chi connectivity index (χ4n) is 2.43. The van der Waals surface area contributed by atoms with Crippen LogP contribution < -0.4 is 5.32 Å². The second-order valence-electron chi connectivity index (χ2n) is 4.43. The van der Waals surface area contributed by atoms with Crippen LogP contribution in [-0.2, 0) is 11.2 Å². The average molecular weight is 239 g/mol. The first-order valence-electron chi connectivity index (χ1n) is 6.42. The van der Waals surface area contributed by atoms with Crippen LogP contribution in [0.4, 0.5) is 0 Å². The summed E-state index contributed by atoms with van der Waals surface area (Å²) < 4.78 is 10.6. The van der Waals surface area contributed by atoms with E-state index in [1.807, 2.05) is 14.0 Å². The van der Waals surface area contributed by atoms with Crippen LogP contribution in [-0.4, -0.2) is 36.4 Å². The van der Waals surface area contributed by atoms with Crippen molar-refractivity contribution in [2.45, 2.75) is 44.6 Å². The lowest BCUT2D eigenvalue weighted by molar-refractivity contribution is 0.149. The quantitative estimate of drug-likeness (QED) is 0.762. The van der Waals surface area contributed by atoms with Gasteiger partial charge in [0.1, 0.15) is 0 Å². The van der Waals surface area contributed by atoms with Gasteiger partial charge in [-0.15, -0.1) is 0 Å². The molecule has 1 aliphatic rings. The zero-order valence-electron chi connectivity index (χ0n) is 10.6. The molecule has 1 fully saturated rings. The van der Waals surface area contributed by atoms with E-state index in [1.54, 1.807) is 0 Å². The Bertz CT molecular complexity index is 340. The highest BCUT2D eigenvalue weighted by atomic mass is 16.5. The zero-order valence-corrected chi connectivity index (χ0v) is 10.6. The lowest BCUT2D eigenvalue weighted by Gasteiger charge is -2.14. The van der Waals surface area contributed by atoms with Crippen LogP contribution in [0.2, 0.25) is 0 Å². The van der Waals surface area contributed by atoms with Crippen molar-refractivity contribution in [3.8, 4) is 0 Å². The topological polar surface area (TPSA) is 60.2 Å². The van der Waals surface area contributed by atoms with E-state index in [9.17, 15) is 0 Å². The molecule has 2 unspecified atom stereocenters. The van der Waals surface area contributed by atoms with Crippen molar-refractivity contribution in [1.29, 1.82) is 0 Å². The third-order valence-electron chi connectivity index (χ3n) is 3.36. The van der Waals surface area contributed by atoms with Gasteiger partial charge in [0.25, 0.3) is 0 Å². The summed E-state index contributed by atoms with van der Waals surface area (Å²) in [7, 11) is 2.00. The lowest BCUT2D eigenvalue weighted by atomic mass is 10.0. The summed E-state index contributed by atoms with van der Waals surface area (Å²) in [6.07, 6.45) is 4.29. The molecule has 17 heavy (non-hydrogen) atoms. The van der Waals surface area contributed by atoms with Gasteiger partial charge < -0.3 is 14.6 Å². The summed E-state index contributed by atoms with van der Waals surface area (Å²) >= 11 is 0. The fourth-order valence-corrected chi connectivity index (χ4v) is 2.43. The molecular weight excluding hydrogens is 218 g/mol. The third-order valence-corrected chi connectivity index (χ3v) is 3.36. The first-order valence-corrected chi connectivity index (χ1v) is 6.42. The Morgan fingerprint density at radius 3 is 3.12 bits per heavy atom. The van der Waals surface area contributed by atoms with Gasteiger partial charge in [0, 0.05) is 19.1 Å². The van der Waals surface area contributed by atoms with Crippen LogP contribution in [0.1, 0.15) is 43.8 Å². The molecule has 0 spiro atoms. The highest BCUT2D eigenvalue weighted by Crippen LogP contribution is 2.33. The van der Waals surface area contributed by atoms with Gasteiger partial charge in [0.05, 0.1) is 12.5 Å². The molecule has 1 aliphatic carbocycles. The molecule has 96 valence electrons. The maximum Gasteiger partial charge on any atom is 0.231 e. The van der Waals surface area contributed by atoms with Crippen molar-refractivity contribution >= 4 is 0 Å². The second-order valence-corrected chi connectivity index (χ2v) is 4.43. The largest absolute Gasteiger partial charge is 0.381 e. The zero-order chi connectivity index (χ0) is 12.1. The first-order chi connectivity index (χ1) is 8.35. The normalized spacial score (nSPS) is 24.4. The van der Waals surface area contributed by atoms with E-state index in [-0.39, 0.29) is 0 Å². The average Bonchev–Trinajstić information content (AvgIpc) is 2.96. The van der Waals surface area contributed by atoms with E-state index in [2.05, 4.69) is 15.5 Å². The van der Waals surface area contributed by atoms with Crippen molar-refractivity contribution in [1.82, 2.24) is 15.5 Å². The highest BCUT2D eigenvalue weighted by Gasteiger charge is 2.31. The van der Waals surface area contributed by atoms with Crippen LogP contribution in [0.25, 0.3) is 0 Å². The smallest absolute Gasteiger partial charge is 0.231 e. The summed E-state index contributed by atoms with van der Waals surface area (Å²) in [4.78, 5) is 4.46. The Labute approximate surface area is 102 Å². The maximum atomic E-state index is 5.35. The van der Waals surface area contributed by atoms with E-state index in [1.165, 1.54) is 12.8 Å². The minimum atomic E-state index is 0.383. The molecule has 1 N–H and O–H groups in total. The highest BCUT2D eigenvalue weighted by molar-refractivity contribution is 5.02. The van der Waals surface area contributed by atoms with Crippen LogP contribution in [0.15, 0.2) is 4.52 Å². The molecule has 0 aliphatic heterocycles. The number of rotatable bonds is 6. The molecule has 1 saturated carbocycles. The molecule has 0 aromatic carbocycles. The van der Waals surface area contributed by atoms with Gasteiger partial charge in [0.2, 0.25) is 5.89 Å². The summed E-state index contributed by atoms with van der Waals surface area (Å²) in [6.45, 7) is 3.38. The summed E-state index contributed by atoms with van der Waals surface area (Å²) in [5.74, 6) is 1.93. The van der Waals surface area contributed by atoms with Crippen molar-refractivity contribution in [3.05, 3.63) is 11.7 Å². The van der Waals surface area contributed by atoms with Gasteiger partial charge >= 0.3 is 0 Å². The summed E-state index contributed by atoms with van der Waals surface area (Å²) in [5.41, 5.74) is 0. The van der Waals surface area contributed by atoms with E-state index >= 15 is 0 Å². The van der Waals surface area contributed by atoms with E-state index < -0.39 is 0 Å². The van der Waals surface area contributed by atoms with Crippen LogP contribution in [0, 0.1) is 0 Å². The van der Waals surface area contributed by atoms with Crippen molar-refractivity contribution < 1.29 is 9.26 Å². The van der Waals surface area contributed by atoms with E-state index in [4.69, 9.17) is 9.26 Å². The maximum absolute atomic E-state index is 5.35. The number of hydrogen-bond donors (Lipinski definition) is 1. The molecule has 2 rings (SSSR count). The molecule has 1 aromatic heterocycles. The monoisotopic (exact) mass is 239 g/mol. The molecule has 0 radical (unpaired) electrons. The summed E-state index contributed by atoms with van der Waals surface area (Å²) in [5, 5.41) is 7.33. The predicted molar refractivity (Wildman–Crippen MR) is 63.9 cm³/mol. The SMILES string of the molecule is CCOCCc1noc(C2CCCC2NC)n1. The molecule has 2 atom stereocenters. The Morgan fingerprint density at radius 1 is 1.47 bits per heavy atom. The minimum absolute atomic E-state index is 0.383. The summed E-state index contributed by atoms with van der Waals surface area (Å²) in [6, 6.07) is 0.482. The van der Waals surface area contributed by atoms with Gasteiger partial charge in [-0.1, -0.05) is 11.6 Å². The Hall–Kier alpha value is -0.940. The van der Waals surface area contributed by atoms with Gasteiger partial charge in [-0.2, -0.15) is 4.98 Å². The van der Waals surface area contributed by atoms with Gasteiger partial charge in [-0.25, -0.2) is 0 Å². The van der Waals surface area contributed by atoms with Crippen LogP contribution >= 0.6 is 0 Å². The number of aromatic nitrogens is 2. The fraction of sp³-hybridized carbons (Fsp3) is 0.833. The number of hydrogen-bond acceptors (Lipinski definition) is 5. The van der Waals surface area contributed by atoms with E-state index in [0.29, 0.717) is 18.6 Å². The van der Waals surface area contributed by atoms with Crippen molar-refractivity contribution in [2.24, 2.45) is 0 Å². The molecule has 1 aromatic rings. The first kappa shape index (κ1) is 12.5. The Balaban J connectivity index is 1.93.